The minimum atomic E-state index is -0.681. The van der Waals surface area contributed by atoms with Crippen LogP contribution in [0.2, 0.25) is 0 Å². The molecule has 0 fully saturated rings. The number of rotatable bonds is 2. The van der Waals surface area contributed by atoms with Crippen LogP contribution in [0.15, 0.2) is 17.2 Å². The Labute approximate surface area is 111 Å². The fourth-order valence-corrected chi connectivity index (χ4v) is 1.38. The minimum Gasteiger partial charge on any atom is -0.508 e. The smallest absolute Gasteiger partial charge is 0.428 e. The first kappa shape index (κ1) is 14.8. The minimum absolute atomic E-state index is 0.0350. The van der Waals surface area contributed by atoms with E-state index in [0.29, 0.717) is 11.1 Å². The highest BCUT2D eigenvalue weighted by molar-refractivity contribution is 5.86. The predicted octanol–water partition coefficient (Wildman–Crippen LogP) is 2.26. The van der Waals surface area contributed by atoms with Gasteiger partial charge in [-0.3, -0.25) is 0 Å². The Kier molecular flexibility index (Phi) is 4.37. The topological polar surface area (TPSA) is 91.1 Å². The first-order chi connectivity index (χ1) is 8.69. The average molecular weight is 266 g/mol. The predicted molar refractivity (Wildman–Crippen MR) is 71.5 cm³/mol. The molecule has 1 rings (SSSR count). The molecule has 19 heavy (non-hydrogen) atoms. The van der Waals surface area contributed by atoms with Gasteiger partial charge in [0, 0.05) is 11.6 Å². The number of phenolic OH excluding ortho intramolecular Hbond substituents is 2. The molecule has 0 aliphatic heterocycles. The summed E-state index contributed by atoms with van der Waals surface area (Å²) in [4.78, 5) is 11.3. The molecule has 0 bridgehead atoms. The molecule has 0 aliphatic rings. The fourth-order valence-electron chi connectivity index (χ4n) is 1.38. The molecule has 1 amide bonds. The van der Waals surface area contributed by atoms with Crippen molar-refractivity contribution in [3.8, 4) is 11.5 Å². The third-order valence-corrected chi connectivity index (χ3v) is 2.10. The number of aromatic hydroxyl groups is 2. The number of amides is 1. The number of hydrogen-bond donors (Lipinski definition) is 3. The molecule has 0 saturated carbocycles. The maximum atomic E-state index is 11.3. The number of aryl methyl sites for hydroxylation is 1. The van der Waals surface area contributed by atoms with E-state index in [2.05, 4.69) is 10.5 Å². The lowest BCUT2D eigenvalue weighted by molar-refractivity contribution is 0.0529. The zero-order valence-corrected chi connectivity index (χ0v) is 11.4. The van der Waals surface area contributed by atoms with Crippen molar-refractivity contribution >= 4 is 12.3 Å². The Morgan fingerprint density at radius 1 is 1.37 bits per heavy atom. The van der Waals surface area contributed by atoms with Gasteiger partial charge in [-0.1, -0.05) is 0 Å². The fraction of sp³-hybridized carbons (Fsp3) is 0.385. The van der Waals surface area contributed by atoms with Crippen LogP contribution in [0.1, 0.15) is 31.9 Å². The monoisotopic (exact) mass is 266 g/mol. The maximum Gasteiger partial charge on any atom is 0.428 e. The van der Waals surface area contributed by atoms with E-state index in [-0.39, 0.29) is 11.5 Å². The van der Waals surface area contributed by atoms with Gasteiger partial charge in [0.1, 0.15) is 17.1 Å². The van der Waals surface area contributed by atoms with E-state index < -0.39 is 11.7 Å². The van der Waals surface area contributed by atoms with E-state index in [1.54, 1.807) is 27.7 Å². The number of hydrogen-bond acceptors (Lipinski definition) is 5. The Balaban J connectivity index is 2.71. The zero-order valence-electron chi connectivity index (χ0n) is 11.4. The molecule has 0 aromatic heterocycles. The number of hydrazone groups is 1. The summed E-state index contributed by atoms with van der Waals surface area (Å²) in [6.07, 6.45) is 0.605. The summed E-state index contributed by atoms with van der Waals surface area (Å²) in [5, 5.41) is 22.6. The van der Waals surface area contributed by atoms with Crippen molar-refractivity contribution in [2.75, 3.05) is 0 Å². The third-order valence-electron chi connectivity index (χ3n) is 2.10. The van der Waals surface area contributed by atoms with Crippen molar-refractivity contribution in [1.82, 2.24) is 5.43 Å². The van der Waals surface area contributed by atoms with Crippen LogP contribution in [-0.2, 0) is 4.74 Å². The van der Waals surface area contributed by atoms with E-state index in [0.717, 1.165) is 0 Å². The van der Waals surface area contributed by atoms with E-state index in [9.17, 15) is 15.0 Å². The van der Waals surface area contributed by atoms with E-state index >= 15 is 0 Å². The second-order valence-electron chi connectivity index (χ2n) is 5.07. The molecule has 104 valence electrons. The molecular weight excluding hydrogens is 248 g/mol. The summed E-state index contributed by atoms with van der Waals surface area (Å²) >= 11 is 0. The van der Waals surface area contributed by atoms with Crippen LogP contribution in [0.3, 0.4) is 0 Å². The second-order valence-corrected chi connectivity index (χ2v) is 5.07. The molecule has 0 radical (unpaired) electrons. The Hall–Kier alpha value is -2.24. The van der Waals surface area contributed by atoms with Gasteiger partial charge in [0.2, 0.25) is 0 Å². The molecule has 3 N–H and O–H groups in total. The normalized spacial score (nSPS) is 11.6. The van der Waals surface area contributed by atoms with E-state index in [1.165, 1.54) is 18.3 Å². The van der Waals surface area contributed by atoms with Gasteiger partial charge in [0.15, 0.2) is 0 Å². The Bertz CT molecular complexity index is 481. The number of carbonyl (C=O) groups excluding carboxylic acids is 1. The van der Waals surface area contributed by atoms with Crippen LogP contribution in [0.5, 0.6) is 11.5 Å². The first-order valence-electron chi connectivity index (χ1n) is 5.73. The lowest BCUT2D eigenvalue weighted by atomic mass is 10.1. The lowest BCUT2D eigenvalue weighted by Crippen LogP contribution is -2.29. The zero-order chi connectivity index (χ0) is 14.6. The number of phenols is 2. The highest BCUT2D eigenvalue weighted by atomic mass is 16.6. The summed E-state index contributed by atoms with van der Waals surface area (Å²) in [7, 11) is 0. The SMILES string of the molecule is Cc1cc(O)cc(O)c1/C=N/NC(=O)OC(C)(C)C. The summed E-state index contributed by atoms with van der Waals surface area (Å²) in [6, 6.07) is 2.68. The molecule has 0 spiro atoms. The number of ether oxygens (including phenoxy) is 1. The molecule has 6 heteroatoms. The van der Waals surface area contributed by atoms with Crippen molar-refractivity contribution in [2.45, 2.75) is 33.3 Å². The highest BCUT2D eigenvalue weighted by Gasteiger charge is 2.15. The van der Waals surface area contributed by atoms with Crippen LogP contribution in [-0.4, -0.2) is 28.1 Å². The van der Waals surface area contributed by atoms with Gasteiger partial charge < -0.3 is 14.9 Å². The van der Waals surface area contributed by atoms with Gasteiger partial charge in [-0.15, -0.1) is 0 Å². The molecule has 0 saturated heterocycles. The third kappa shape index (κ3) is 4.87. The summed E-state index contributed by atoms with van der Waals surface area (Å²) < 4.78 is 4.99. The maximum absolute atomic E-state index is 11.3. The number of nitrogens with one attached hydrogen (secondary N) is 1. The lowest BCUT2D eigenvalue weighted by Gasteiger charge is -2.18. The van der Waals surface area contributed by atoms with Crippen molar-refractivity contribution < 1.29 is 19.7 Å². The molecule has 1 aromatic rings. The van der Waals surface area contributed by atoms with Gasteiger partial charge in [-0.25, -0.2) is 10.2 Å². The standard InChI is InChI=1S/C13H18N2O4/c1-8-5-9(16)6-11(17)10(8)7-14-15-12(18)19-13(2,3)4/h5-7,16-17H,1-4H3,(H,15,18)/b14-7+. The van der Waals surface area contributed by atoms with Gasteiger partial charge in [-0.05, 0) is 39.3 Å². The molecular formula is C13H18N2O4. The summed E-state index contributed by atoms with van der Waals surface area (Å²) in [6.45, 7) is 6.93. The average Bonchev–Trinajstić information content (AvgIpc) is 2.19. The van der Waals surface area contributed by atoms with Crippen molar-refractivity contribution in [3.05, 3.63) is 23.3 Å². The van der Waals surface area contributed by atoms with E-state index in [1.807, 2.05) is 0 Å². The molecule has 0 heterocycles. The van der Waals surface area contributed by atoms with Gasteiger partial charge in [0.25, 0.3) is 0 Å². The molecule has 1 aromatic carbocycles. The van der Waals surface area contributed by atoms with Crippen LogP contribution >= 0.6 is 0 Å². The van der Waals surface area contributed by atoms with Crippen LogP contribution < -0.4 is 5.43 Å². The quantitative estimate of drug-likeness (QED) is 0.565. The second kappa shape index (κ2) is 5.60. The number of carbonyl (C=O) groups is 1. The van der Waals surface area contributed by atoms with E-state index in [4.69, 9.17) is 4.74 Å². The Morgan fingerprint density at radius 3 is 2.53 bits per heavy atom. The summed E-state index contributed by atoms with van der Waals surface area (Å²) in [5.74, 6) is -0.153. The van der Waals surface area contributed by atoms with Crippen molar-refractivity contribution in [1.29, 1.82) is 0 Å². The molecule has 6 nitrogen and oxygen atoms in total. The van der Waals surface area contributed by atoms with Crippen LogP contribution in [0, 0.1) is 6.92 Å². The number of nitrogens with zero attached hydrogens (tertiary/aromatic N) is 1. The molecule has 0 unspecified atom stereocenters. The highest BCUT2D eigenvalue weighted by Crippen LogP contribution is 2.24. The Morgan fingerprint density at radius 2 is 2.00 bits per heavy atom. The van der Waals surface area contributed by atoms with Crippen molar-refractivity contribution in [3.63, 3.8) is 0 Å². The number of benzene rings is 1. The molecule has 0 aliphatic carbocycles. The summed E-state index contributed by atoms with van der Waals surface area (Å²) in [5.41, 5.74) is 2.63. The molecule has 0 atom stereocenters. The van der Waals surface area contributed by atoms with Gasteiger partial charge in [-0.2, -0.15) is 5.10 Å². The van der Waals surface area contributed by atoms with Crippen LogP contribution in [0.4, 0.5) is 4.79 Å². The van der Waals surface area contributed by atoms with Crippen molar-refractivity contribution in [2.24, 2.45) is 5.10 Å². The largest absolute Gasteiger partial charge is 0.508 e. The first-order valence-corrected chi connectivity index (χ1v) is 5.73. The van der Waals surface area contributed by atoms with Crippen LogP contribution in [0.25, 0.3) is 0 Å². The van der Waals surface area contributed by atoms with Gasteiger partial charge in [0.05, 0.1) is 6.21 Å². The van der Waals surface area contributed by atoms with Gasteiger partial charge >= 0.3 is 6.09 Å².